The Morgan fingerprint density at radius 2 is 2.04 bits per heavy atom. The zero-order valence-electron chi connectivity index (χ0n) is 14.4. The Kier molecular flexibility index (Phi) is 6.01. The maximum atomic E-state index is 12.2. The summed E-state index contributed by atoms with van der Waals surface area (Å²) >= 11 is 0. The van der Waals surface area contributed by atoms with Crippen molar-refractivity contribution in [2.75, 3.05) is 17.7 Å². The van der Waals surface area contributed by atoms with E-state index in [1.807, 2.05) is 44.2 Å². The van der Waals surface area contributed by atoms with E-state index in [1.54, 1.807) is 12.1 Å². The third-order valence-electron chi connectivity index (χ3n) is 3.75. The lowest BCUT2D eigenvalue weighted by atomic mass is 10.1. The number of ether oxygens (including phenoxy) is 1. The van der Waals surface area contributed by atoms with Gasteiger partial charge in [-0.3, -0.25) is 4.79 Å². The SMILES string of the molecule is CCOc1ccc(/C=C\C(=O)Nc2c(C)cccc2CC)cc1N. The van der Waals surface area contributed by atoms with E-state index < -0.39 is 0 Å². The Morgan fingerprint density at radius 1 is 1.25 bits per heavy atom. The molecule has 0 aromatic heterocycles. The average molecular weight is 324 g/mol. The molecule has 0 aliphatic heterocycles. The summed E-state index contributed by atoms with van der Waals surface area (Å²) in [6.07, 6.45) is 4.13. The van der Waals surface area contributed by atoms with E-state index in [2.05, 4.69) is 12.2 Å². The molecule has 4 nitrogen and oxygen atoms in total. The Labute approximate surface area is 143 Å². The number of carbonyl (C=O) groups is 1. The maximum absolute atomic E-state index is 12.2. The van der Waals surface area contributed by atoms with Crippen LogP contribution in [0.2, 0.25) is 0 Å². The maximum Gasteiger partial charge on any atom is 0.248 e. The largest absolute Gasteiger partial charge is 0.492 e. The zero-order valence-corrected chi connectivity index (χ0v) is 14.4. The number of amides is 1. The van der Waals surface area contributed by atoms with E-state index in [1.165, 1.54) is 6.08 Å². The lowest BCUT2D eigenvalue weighted by Crippen LogP contribution is -2.11. The Morgan fingerprint density at radius 3 is 2.71 bits per heavy atom. The second-order valence-corrected chi connectivity index (χ2v) is 5.52. The van der Waals surface area contributed by atoms with Crippen LogP contribution in [0.15, 0.2) is 42.5 Å². The van der Waals surface area contributed by atoms with Gasteiger partial charge in [0, 0.05) is 11.8 Å². The van der Waals surface area contributed by atoms with Crippen molar-refractivity contribution < 1.29 is 9.53 Å². The summed E-state index contributed by atoms with van der Waals surface area (Å²) in [7, 11) is 0. The van der Waals surface area contributed by atoms with Gasteiger partial charge in [0.05, 0.1) is 12.3 Å². The molecular weight excluding hydrogens is 300 g/mol. The summed E-state index contributed by atoms with van der Waals surface area (Å²) < 4.78 is 5.41. The van der Waals surface area contributed by atoms with Crippen LogP contribution in [-0.2, 0) is 11.2 Å². The quantitative estimate of drug-likeness (QED) is 0.618. The first kappa shape index (κ1) is 17.6. The van der Waals surface area contributed by atoms with E-state index in [9.17, 15) is 4.79 Å². The number of rotatable bonds is 6. The highest BCUT2D eigenvalue weighted by atomic mass is 16.5. The molecule has 0 unspecified atom stereocenters. The summed E-state index contributed by atoms with van der Waals surface area (Å²) in [5.41, 5.74) is 10.4. The van der Waals surface area contributed by atoms with E-state index in [0.29, 0.717) is 18.0 Å². The van der Waals surface area contributed by atoms with Crippen molar-refractivity contribution in [3.63, 3.8) is 0 Å². The molecule has 2 rings (SSSR count). The lowest BCUT2D eigenvalue weighted by Gasteiger charge is -2.11. The van der Waals surface area contributed by atoms with Crippen LogP contribution < -0.4 is 15.8 Å². The van der Waals surface area contributed by atoms with Gasteiger partial charge in [-0.15, -0.1) is 0 Å². The predicted octanol–water partition coefficient (Wildman–Crippen LogP) is 4.19. The van der Waals surface area contributed by atoms with Crippen molar-refractivity contribution in [1.29, 1.82) is 0 Å². The average Bonchev–Trinajstić information content (AvgIpc) is 2.57. The van der Waals surface area contributed by atoms with Gasteiger partial charge >= 0.3 is 0 Å². The summed E-state index contributed by atoms with van der Waals surface area (Å²) in [6, 6.07) is 11.5. The van der Waals surface area contributed by atoms with Crippen molar-refractivity contribution >= 4 is 23.4 Å². The van der Waals surface area contributed by atoms with Crippen molar-refractivity contribution in [1.82, 2.24) is 0 Å². The highest BCUT2D eigenvalue weighted by molar-refractivity contribution is 6.02. The molecule has 0 spiro atoms. The topological polar surface area (TPSA) is 64.3 Å². The Bertz CT molecular complexity index is 751. The molecule has 126 valence electrons. The number of nitrogen functional groups attached to an aromatic ring is 1. The number of hydrogen-bond acceptors (Lipinski definition) is 3. The third-order valence-corrected chi connectivity index (χ3v) is 3.75. The minimum absolute atomic E-state index is 0.161. The molecular formula is C20H24N2O2. The van der Waals surface area contributed by atoms with Gasteiger partial charge in [-0.05, 0) is 55.2 Å². The molecule has 0 fully saturated rings. The van der Waals surface area contributed by atoms with Crippen LogP contribution in [0.25, 0.3) is 6.08 Å². The van der Waals surface area contributed by atoms with Gasteiger partial charge in [0.2, 0.25) is 5.91 Å². The number of hydrogen-bond donors (Lipinski definition) is 2. The molecule has 0 atom stereocenters. The van der Waals surface area contributed by atoms with E-state index in [0.717, 1.165) is 28.8 Å². The molecule has 4 heteroatoms. The molecule has 3 N–H and O–H groups in total. The first-order valence-corrected chi connectivity index (χ1v) is 8.15. The summed E-state index contributed by atoms with van der Waals surface area (Å²) in [6.45, 7) is 6.54. The van der Waals surface area contributed by atoms with Gasteiger partial charge in [0.1, 0.15) is 5.75 Å². The molecule has 0 aliphatic rings. The summed E-state index contributed by atoms with van der Waals surface area (Å²) in [5, 5.41) is 2.96. The molecule has 24 heavy (non-hydrogen) atoms. The molecule has 0 aliphatic carbocycles. The van der Waals surface area contributed by atoms with Crippen LogP contribution in [-0.4, -0.2) is 12.5 Å². The fourth-order valence-corrected chi connectivity index (χ4v) is 2.50. The second-order valence-electron chi connectivity index (χ2n) is 5.52. The summed E-state index contributed by atoms with van der Waals surface area (Å²) in [5.74, 6) is 0.498. The van der Waals surface area contributed by atoms with Gasteiger partial charge in [0.15, 0.2) is 0 Å². The summed E-state index contributed by atoms with van der Waals surface area (Å²) in [4.78, 5) is 12.2. The molecule has 0 bridgehead atoms. The number of para-hydroxylation sites is 1. The molecule has 1 amide bonds. The molecule has 2 aromatic carbocycles. The number of nitrogens with one attached hydrogen (secondary N) is 1. The number of carbonyl (C=O) groups excluding carboxylic acids is 1. The van der Waals surface area contributed by atoms with E-state index >= 15 is 0 Å². The number of benzene rings is 2. The molecule has 0 radical (unpaired) electrons. The van der Waals surface area contributed by atoms with Crippen LogP contribution in [0, 0.1) is 6.92 Å². The first-order valence-electron chi connectivity index (χ1n) is 8.15. The molecule has 0 heterocycles. The normalized spacial score (nSPS) is 10.8. The molecule has 2 aromatic rings. The van der Waals surface area contributed by atoms with Gasteiger partial charge in [0.25, 0.3) is 0 Å². The van der Waals surface area contributed by atoms with Gasteiger partial charge in [-0.2, -0.15) is 0 Å². The fraction of sp³-hybridized carbons (Fsp3) is 0.250. The predicted molar refractivity (Wildman–Crippen MR) is 100 cm³/mol. The highest BCUT2D eigenvalue weighted by Crippen LogP contribution is 2.23. The van der Waals surface area contributed by atoms with Crippen LogP contribution in [0.4, 0.5) is 11.4 Å². The van der Waals surface area contributed by atoms with Crippen molar-refractivity contribution in [3.05, 3.63) is 59.2 Å². The highest BCUT2D eigenvalue weighted by Gasteiger charge is 2.06. The second kappa shape index (κ2) is 8.20. The standard InChI is InChI=1S/C20H24N2O2/c1-4-16-8-6-7-14(3)20(16)22-19(23)12-10-15-9-11-18(24-5-2)17(21)13-15/h6-13H,4-5,21H2,1-3H3,(H,22,23)/b12-10-. The lowest BCUT2D eigenvalue weighted by molar-refractivity contribution is -0.111. The molecule has 0 saturated heterocycles. The van der Waals surface area contributed by atoms with Crippen LogP contribution in [0.1, 0.15) is 30.5 Å². The van der Waals surface area contributed by atoms with Gasteiger partial charge in [-0.1, -0.05) is 31.2 Å². The van der Waals surface area contributed by atoms with Gasteiger partial charge in [-0.25, -0.2) is 0 Å². The van der Waals surface area contributed by atoms with Gasteiger partial charge < -0.3 is 15.8 Å². The van der Waals surface area contributed by atoms with Crippen LogP contribution in [0.3, 0.4) is 0 Å². The fourth-order valence-electron chi connectivity index (χ4n) is 2.50. The third kappa shape index (κ3) is 4.38. The minimum Gasteiger partial charge on any atom is -0.492 e. The Hall–Kier alpha value is -2.75. The number of anilines is 2. The van der Waals surface area contributed by atoms with Crippen LogP contribution >= 0.6 is 0 Å². The van der Waals surface area contributed by atoms with Crippen molar-refractivity contribution in [2.45, 2.75) is 27.2 Å². The van der Waals surface area contributed by atoms with E-state index in [4.69, 9.17) is 10.5 Å². The number of aryl methyl sites for hydroxylation is 2. The number of nitrogens with two attached hydrogens (primary N) is 1. The van der Waals surface area contributed by atoms with Crippen molar-refractivity contribution in [2.24, 2.45) is 0 Å². The Balaban J connectivity index is 2.10. The first-order chi connectivity index (χ1) is 11.5. The van der Waals surface area contributed by atoms with E-state index in [-0.39, 0.29) is 5.91 Å². The monoisotopic (exact) mass is 324 g/mol. The van der Waals surface area contributed by atoms with Crippen molar-refractivity contribution in [3.8, 4) is 5.75 Å². The molecule has 0 saturated carbocycles. The zero-order chi connectivity index (χ0) is 17.5. The smallest absolute Gasteiger partial charge is 0.248 e. The minimum atomic E-state index is -0.161. The van der Waals surface area contributed by atoms with Crippen LogP contribution in [0.5, 0.6) is 5.75 Å².